The lowest BCUT2D eigenvalue weighted by atomic mass is 10.3. The maximum atomic E-state index is 7.14. The predicted octanol–water partition coefficient (Wildman–Crippen LogP) is 1.19. The molecule has 2 N–H and O–H groups in total. The van der Waals surface area contributed by atoms with Crippen molar-refractivity contribution in [2.75, 3.05) is 6.54 Å². The van der Waals surface area contributed by atoms with E-state index in [0.29, 0.717) is 5.84 Å². The van der Waals surface area contributed by atoms with Crippen LogP contribution in [0.3, 0.4) is 0 Å². The van der Waals surface area contributed by atoms with Crippen molar-refractivity contribution < 1.29 is 0 Å². The van der Waals surface area contributed by atoms with E-state index < -0.39 is 0 Å². The van der Waals surface area contributed by atoms with E-state index >= 15 is 0 Å². The molecule has 0 aliphatic carbocycles. The number of nitrogens with one attached hydrogen (secondary N) is 2. The Balaban J connectivity index is 3.06. The van der Waals surface area contributed by atoms with Gasteiger partial charge in [-0.1, -0.05) is 6.92 Å². The van der Waals surface area contributed by atoms with Crippen LogP contribution in [0.2, 0.25) is 0 Å². The van der Waals surface area contributed by atoms with Gasteiger partial charge in [-0.15, -0.1) is 0 Å². The summed E-state index contributed by atoms with van der Waals surface area (Å²) in [4.78, 5) is 0. The molecule has 47 valence electrons. The van der Waals surface area contributed by atoms with E-state index in [1.807, 2.05) is 6.92 Å². The van der Waals surface area contributed by atoms with Gasteiger partial charge in [0.25, 0.3) is 0 Å². The average molecular weight is 113 g/mol. The van der Waals surface area contributed by atoms with Crippen molar-refractivity contribution in [2.24, 2.45) is 0 Å². The molecule has 0 amide bonds. The van der Waals surface area contributed by atoms with Crippen molar-refractivity contribution in [3.05, 3.63) is 6.92 Å². The zero-order valence-electron chi connectivity index (χ0n) is 5.33. The molecule has 8 heavy (non-hydrogen) atoms. The minimum atomic E-state index is 0.600. The van der Waals surface area contributed by atoms with Crippen LogP contribution >= 0.6 is 0 Å². The molecule has 0 unspecified atom stereocenters. The van der Waals surface area contributed by atoms with Crippen molar-refractivity contribution in [1.82, 2.24) is 5.32 Å². The first-order chi connectivity index (χ1) is 3.81. The smallest absolute Gasteiger partial charge is 0.0931 e. The van der Waals surface area contributed by atoms with Gasteiger partial charge in [-0.2, -0.15) is 0 Å². The van der Waals surface area contributed by atoms with Gasteiger partial charge >= 0.3 is 0 Å². The third kappa shape index (κ3) is 3.65. The average Bonchev–Trinajstić information content (AvgIpc) is 1.68. The summed E-state index contributed by atoms with van der Waals surface area (Å²) in [7, 11) is 0. The summed E-state index contributed by atoms with van der Waals surface area (Å²) in [6, 6.07) is 0. The zero-order valence-corrected chi connectivity index (χ0v) is 5.33. The number of hydrogen-bond acceptors (Lipinski definition) is 1. The van der Waals surface area contributed by atoms with Crippen LogP contribution in [-0.2, 0) is 0 Å². The third-order valence-electron chi connectivity index (χ3n) is 0.817. The van der Waals surface area contributed by atoms with Crippen LogP contribution < -0.4 is 5.32 Å². The summed E-state index contributed by atoms with van der Waals surface area (Å²) >= 11 is 0. The van der Waals surface area contributed by atoms with Crippen LogP contribution in [0.1, 0.15) is 19.8 Å². The fourth-order valence-corrected chi connectivity index (χ4v) is 0.479. The molecule has 0 aromatic heterocycles. The molecule has 0 fully saturated rings. The normalized spacial score (nSPS) is 8.75. The highest BCUT2D eigenvalue weighted by molar-refractivity contribution is 5.78. The minimum Gasteiger partial charge on any atom is -0.374 e. The summed E-state index contributed by atoms with van der Waals surface area (Å²) in [6.07, 6.45) is 1.58. The number of hydrogen-bond donors (Lipinski definition) is 2. The lowest BCUT2D eigenvalue weighted by Crippen LogP contribution is -2.20. The SMILES string of the molecule is [CH2]CCC(=N)NCC. The molecule has 2 nitrogen and oxygen atoms in total. The maximum absolute atomic E-state index is 7.14. The van der Waals surface area contributed by atoms with E-state index in [4.69, 9.17) is 5.41 Å². The molecule has 1 radical (unpaired) electrons. The van der Waals surface area contributed by atoms with Gasteiger partial charge in [-0.25, -0.2) is 0 Å². The lowest BCUT2D eigenvalue weighted by molar-refractivity contribution is 0.902. The molecule has 0 spiro atoms. The quantitative estimate of drug-likeness (QED) is 0.418. The number of rotatable bonds is 3. The minimum absolute atomic E-state index is 0.600. The van der Waals surface area contributed by atoms with Crippen molar-refractivity contribution in [3.63, 3.8) is 0 Å². The van der Waals surface area contributed by atoms with Crippen molar-refractivity contribution in [3.8, 4) is 0 Å². The Hall–Kier alpha value is -0.530. The van der Waals surface area contributed by atoms with Gasteiger partial charge in [0.2, 0.25) is 0 Å². The second-order valence-corrected chi connectivity index (χ2v) is 1.61. The molecule has 0 aromatic carbocycles. The van der Waals surface area contributed by atoms with Gasteiger partial charge in [0.1, 0.15) is 0 Å². The molecule has 0 rings (SSSR count). The van der Waals surface area contributed by atoms with Crippen LogP contribution in [0.5, 0.6) is 0 Å². The molecular formula is C6H13N2. The van der Waals surface area contributed by atoms with Crippen LogP contribution in [0.15, 0.2) is 0 Å². The topological polar surface area (TPSA) is 35.9 Å². The highest BCUT2D eigenvalue weighted by Crippen LogP contribution is 1.83. The third-order valence-corrected chi connectivity index (χ3v) is 0.817. The van der Waals surface area contributed by atoms with Crippen molar-refractivity contribution in [2.45, 2.75) is 19.8 Å². The predicted molar refractivity (Wildman–Crippen MR) is 36.0 cm³/mol. The summed E-state index contributed by atoms with van der Waals surface area (Å²) in [6.45, 7) is 6.46. The molecule has 0 saturated carbocycles. The summed E-state index contributed by atoms with van der Waals surface area (Å²) < 4.78 is 0. The number of amidine groups is 1. The van der Waals surface area contributed by atoms with Crippen LogP contribution in [0.25, 0.3) is 0 Å². The standard InChI is InChI=1S/C6H13N2/c1-3-5-6(7)8-4-2/h1,3-5H2,2H3,(H2,7,8). The molecule has 0 heterocycles. The first kappa shape index (κ1) is 7.47. The highest BCUT2D eigenvalue weighted by Gasteiger charge is 1.87. The van der Waals surface area contributed by atoms with Crippen molar-refractivity contribution >= 4 is 5.84 Å². The molecule has 0 atom stereocenters. The molecule has 0 bridgehead atoms. The van der Waals surface area contributed by atoms with E-state index in [1.165, 1.54) is 0 Å². The van der Waals surface area contributed by atoms with E-state index in [-0.39, 0.29) is 0 Å². The Morgan fingerprint density at radius 3 is 2.75 bits per heavy atom. The van der Waals surface area contributed by atoms with Gasteiger partial charge in [0.15, 0.2) is 0 Å². The Bertz CT molecular complexity index is 60.9. The first-order valence-electron chi connectivity index (χ1n) is 2.91. The first-order valence-corrected chi connectivity index (χ1v) is 2.91. The van der Waals surface area contributed by atoms with E-state index in [1.54, 1.807) is 0 Å². The fourth-order valence-electron chi connectivity index (χ4n) is 0.479. The largest absolute Gasteiger partial charge is 0.374 e. The van der Waals surface area contributed by atoms with Gasteiger partial charge in [-0.3, -0.25) is 5.41 Å². The molecule has 0 aromatic rings. The Kier molecular flexibility index (Phi) is 4.32. The van der Waals surface area contributed by atoms with Crippen molar-refractivity contribution in [1.29, 1.82) is 5.41 Å². The monoisotopic (exact) mass is 113 g/mol. The van der Waals surface area contributed by atoms with Gasteiger partial charge in [0.05, 0.1) is 5.84 Å². The Morgan fingerprint density at radius 1 is 1.75 bits per heavy atom. The van der Waals surface area contributed by atoms with Gasteiger partial charge in [-0.05, 0) is 13.3 Å². The Labute approximate surface area is 50.8 Å². The molecular weight excluding hydrogens is 100 g/mol. The molecule has 2 heteroatoms. The summed E-state index contributed by atoms with van der Waals surface area (Å²) in [5.74, 6) is 0.600. The fraction of sp³-hybridized carbons (Fsp3) is 0.667. The zero-order chi connectivity index (χ0) is 6.41. The molecule has 0 aliphatic rings. The molecule has 0 aliphatic heterocycles. The second-order valence-electron chi connectivity index (χ2n) is 1.61. The van der Waals surface area contributed by atoms with Gasteiger partial charge < -0.3 is 5.32 Å². The summed E-state index contributed by atoms with van der Waals surface area (Å²) in [5.41, 5.74) is 0. The van der Waals surface area contributed by atoms with Gasteiger partial charge in [0, 0.05) is 13.0 Å². The van der Waals surface area contributed by atoms with Crippen LogP contribution in [0, 0.1) is 12.3 Å². The van der Waals surface area contributed by atoms with E-state index in [2.05, 4.69) is 12.2 Å². The lowest BCUT2D eigenvalue weighted by Gasteiger charge is -2.00. The van der Waals surface area contributed by atoms with Crippen LogP contribution in [0.4, 0.5) is 0 Å². The summed E-state index contributed by atoms with van der Waals surface area (Å²) in [5, 5.41) is 10.0. The van der Waals surface area contributed by atoms with E-state index in [9.17, 15) is 0 Å². The highest BCUT2D eigenvalue weighted by atomic mass is 14.9. The Morgan fingerprint density at radius 2 is 2.38 bits per heavy atom. The molecule has 0 saturated heterocycles. The maximum Gasteiger partial charge on any atom is 0.0931 e. The van der Waals surface area contributed by atoms with E-state index in [0.717, 1.165) is 19.4 Å². The van der Waals surface area contributed by atoms with Crippen LogP contribution in [-0.4, -0.2) is 12.4 Å². The second kappa shape index (κ2) is 4.62.